The first kappa shape index (κ1) is 17.7. The molecular formula is C19H16ClN3O3. The summed E-state index contributed by atoms with van der Waals surface area (Å²) in [6.45, 7) is -0.121. The molecule has 0 aliphatic heterocycles. The second-order valence-electron chi connectivity index (χ2n) is 5.55. The minimum Gasteiger partial charge on any atom is -0.484 e. The van der Waals surface area contributed by atoms with E-state index in [0.29, 0.717) is 22.2 Å². The number of rotatable bonds is 5. The molecule has 0 atom stereocenters. The number of aromatic nitrogens is 2. The van der Waals surface area contributed by atoms with Crippen molar-refractivity contribution >= 4 is 23.2 Å². The molecule has 0 radical (unpaired) electrons. The molecule has 0 saturated heterocycles. The van der Waals surface area contributed by atoms with Gasteiger partial charge >= 0.3 is 0 Å². The summed E-state index contributed by atoms with van der Waals surface area (Å²) in [4.78, 5) is 23.5. The van der Waals surface area contributed by atoms with Gasteiger partial charge in [-0.3, -0.25) is 9.59 Å². The van der Waals surface area contributed by atoms with E-state index in [9.17, 15) is 9.59 Å². The van der Waals surface area contributed by atoms with Gasteiger partial charge in [-0.05, 0) is 42.5 Å². The molecule has 2 aromatic carbocycles. The Morgan fingerprint density at radius 3 is 2.65 bits per heavy atom. The Morgan fingerprint density at radius 1 is 1.15 bits per heavy atom. The second-order valence-corrected chi connectivity index (χ2v) is 5.99. The monoisotopic (exact) mass is 369 g/mol. The Balaban J connectivity index is 1.66. The first-order valence-corrected chi connectivity index (χ1v) is 8.22. The van der Waals surface area contributed by atoms with Crippen molar-refractivity contribution in [2.75, 3.05) is 11.9 Å². The first-order chi connectivity index (χ1) is 12.5. The van der Waals surface area contributed by atoms with Gasteiger partial charge in [0, 0.05) is 29.4 Å². The molecule has 1 amide bonds. The average Bonchev–Trinajstić information content (AvgIpc) is 2.64. The van der Waals surface area contributed by atoms with E-state index in [-0.39, 0.29) is 18.1 Å². The SMILES string of the molecule is Cn1nc(-c2cccc(NC(=O)COc3ccc(Cl)cc3)c2)ccc1=O. The molecule has 1 N–H and O–H groups in total. The lowest BCUT2D eigenvalue weighted by Crippen LogP contribution is -2.20. The summed E-state index contributed by atoms with van der Waals surface area (Å²) in [5.41, 5.74) is 1.86. The smallest absolute Gasteiger partial charge is 0.266 e. The van der Waals surface area contributed by atoms with Crippen LogP contribution < -0.4 is 15.6 Å². The summed E-state index contributed by atoms with van der Waals surface area (Å²) in [5.74, 6) is 0.276. The maximum atomic E-state index is 12.1. The minimum atomic E-state index is -0.287. The molecule has 0 aliphatic carbocycles. The number of amides is 1. The molecule has 132 valence electrons. The lowest BCUT2D eigenvalue weighted by molar-refractivity contribution is -0.118. The number of halogens is 1. The van der Waals surface area contributed by atoms with Gasteiger partial charge in [0.1, 0.15) is 5.75 Å². The first-order valence-electron chi connectivity index (χ1n) is 7.84. The third-order valence-corrected chi connectivity index (χ3v) is 3.84. The highest BCUT2D eigenvalue weighted by Crippen LogP contribution is 2.20. The van der Waals surface area contributed by atoms with Gasteiger partial charge in [-0.25, -0.2) is 4.68 Å². The molecule has 1 aromatic heterocycles. The van der Waals surface area contributed by atoms with Crippen molar-refractivity contribution in [2.24, 2.45) is 7.05 Å². The van der Waals surface area contributed by atoms with Crippen LogP contribution in [0.2, 0.25) is 5.02 Å². The van der Waals surface area contributed by atoms with Crippen LogP contribution in [0.3, 0.4) is 0 Å². The normalized spacial score (nSPS) is 10.4. The molecule has 1 heterocycles. The van der Waals surface area contributed by atoms with Crippen molar-refractivity contribution in [3.63, 3.8) is 0 Å². The van der Waals surface area contributed by atoms with E-state index in [1.165, 1.54) is 10.7 Å². The molecule has 3 rings (SSSR count). The zero-order valence-corrected chi connectivity index (χ0v) is 14.7. The number of carbonyl (C=O) groups excluding carboxylic acids is 1. The number of anilines is 1. The van der Waals surface area contributed by atoms with E-state index in [0.717, 1.165) is 5.56 Å². The summed E-state index contributed by atoms with van der Waals surface area (Å²) >= 11 is 5.81. The van der Waals surface area contributed by atoms with Crippen LogP contribution in [-0.4, -0.2) is 22.3 Å². The summed E-state index contributed by atoms with van der Waals surface area (Å²) in [7, 11) is 1.59. The topological polar surface area (TPSA) is 73.2 Å². The van der Waals surface area contributed by atoms with Gasteiger partial charge in [-0.15, -0.1) is 0 Å². The molecule has 7 heteroatoms. The minimum absolute atomic E-state index is 0.121. The van der Waals surface area contributed by atoms with Crippen molar-refractivity contribution in [1.82, 2.24) is 9.78 Å². The zero-order valence-electron chi connectivity index (χ0n) is 14.0. The molecule has 26 heavy (non-hydrogen) atoms. The number of benzene rings is 2. The van der Waals surface area contributed by atoms with Crippen LogP contribution in [-0.2, 0) is 11.8 Å². The number of nitrogens with one attached hydrogen (secondary N) is 1. The van der Waals surface area contributed by atoms with Crippen molar-refractivity contribution in [1.29, 1.82) is 0 Å². The highest BCUT2D eigenvalue weighted by Gasteiger charge is 2.07. The predicted octanol–water partition coefficient (Wildman–Crippen LogP) is 3.12. The fraction of sp³-hybridized carbons (Fsp3) is 0.105. The van der Waals surface area contributed by atoms with E-state index in [2.05, 4.69) is 10.4 Å². The van der Waals surface area contributed by atoms with E-state index in [1.807, 2.05) is 6.07 Å². The number of aryl methyl sites for hydroxylation is 1. The van der Waals surface area contributed by atoms with Gasteiger partial charge in [0.2, 0.25) is 0 Å². The van der Waals surface area contributed by atoms with E-state index in [4.69, 9.17) is 16.3 Å². The molecule has 0 bridgehead atoms. The highest BCUT2D eigenvalue weighted by atomic mass is 35.5. The molecule has 0 fully saturated rings. The number of hydrogen-bond acceptors (Lipinski definition) is 4. The lowest BCUT2D eigenvalue weighted by atomic mass is 10.1. The number of ether oxygens (including phenoxy) is 1. The van der Waals surface area contributed by atoms with Crippen LogP contribution in [0.5, 0.6) is 5.75 Å². The molecular weight excluding hydrogens is 354 g/mol. The largest absolute Gasteiger partial charge is 0.484 e. The Morgan fingerprint density at radius 2 is 1.92 bits per heavy atom. The Hall–Kier alpha value is -3.12. The maximum absolute atomic E-state index is 12.1. The number of carbonyl (C=O) groups is 1. The van der Waals surface area contributed by atoms with Crippen molar-refractivity contribution < 1.29 is 9.53 Å². The fourth-order valence-corrected chi connectivity index (χ4v) is 2.42. The summed E-state index contributed by atoms with van der Waals surface area (Å²) in [6.07, 6.45) is 0. The van der Waals surface area contributed by atoms with Crippen LogP contribution in [0.4, 0.5) is 5.69 Å². The van der Waals surface area contributed by atoms with Crippen LogP contribution in [0.25, 0.3) is 11.3 Å². The number of hydrogen-bond donors (Lipinski definition) is 1. The van der Waals surface area contributed by atoms with E-state index in [1.54, 1.807) is 55.6 Å². The second kappa shape index (κ2) is 7.84. The summed E-state index contributed by atoms with van der Waals surface area (Å²) < 4.78 is 6.68. The van der Waals surface area contributed by atoms with Crippen molar-refractivity contribution in [3.8, 4) is 17.0 Å². The van der Waals surface area contributed by atoms with Crippen molar-refractivity contribution in [2.45, 2.75) is 0 Å². The lowest BCUT2D eigenvalue weighted by Gasteiger charge is -2.09. The zero-order chi connectivity index (χ0) is 18.5. The molecule has 0 aliphatic rings. The van der Waals surface area contributed by atoms with Gasteiger partial charge in [0.05, 0.1) is 5.69 Å². The fourth-order valence-electron chi connectivity index (χ4n) is 2.29. The molecule has 6 nitrogen and oxygen atoms in total. The van der Waals surface area contributed by atoms with Gasteiger partial charge in [0.25, 0.3) is 11.5 Å². The quantitative estimate of drug-likeness (QED) is 0.750. The average molecular weight is 370 g/mol. The van der Waals surface area contributed by atoms with Gasteiger partial charge in [0.15, 0.2) is 6.61 Å². The molecule has 0 spiro atoms. The van der Waals surface area contributed by atoms with E-state index >= 15 is 0 Å². The summed E-state index contributed by atoms with van der Waals surface area (Å²) in [6, 6.07) is 17.1. The third-order valence-electron chi connectivity index (χ3n) is 3.59. The molecule has 0 saturated carbocycles. The van der Waals surface area contributed by atoms with Crippen LogP contribution in [0.15, 0.2) is 65.5 Å². The molecule has 3 aromatic rings. The van der Waals surface area contributed by atoms with Crippen LogP contribution >= 0.6 is 11.6 Å². The Labute approximate surface area is 155 Å². The number of nitrogens with zero attached hydrogens (tertiary/aromatic N) is 2. The van der Waals surface area contributed by atoms with Crippen LogP contribution in [0, 0.1) is 0 Å². The third kappa shape index (κ3) is 4.49. The Kier molecular flexibility index (Phi) is 5.34. The van der Waals surface area contributed by atoms with Gasteiger partial charge in [-0.2, -0.15) is 5.10 Å². The van der Waals surface area contributed by atoms with Gasteiger partial charge in [-0.1, -0.05) is 23.7 Å². The standard InChI is InChI=1S/C19H16ClN3O3/c1-23-19(25)10-9-17(22-23)13-3-2-4-15(11-13)21-18(24)12-26-16-7-5-14(20)6-8-16/h2-11H,12H2,1H3,(H,21,24). The highest BCUT2D eigenvalue weighted by molar-refractivity contribution is 6.30. The predicted molar refractivity (Wildman–Crippen MR) is 100 cm³/mol. The summed E-state index contributed by atoms with van der Waals surface area (Å²) in [5, 5.41) is 7.58. The van der Waals surface area contributed by atoms with Crippen LogP contribution in [0.1, 0.15) is 0 Å². The Bertz CT molecular complexity index is 984. The van der Waals surface area contributed by atoms with E-state index < -0.39 is 0 Å². The van der Waals surface area contributed by atoms with Gasteiger partial charge < -0.3 is 10.1 Å². The molecule has 0 unspecified atom stereocenters. The maximum Gasteiger partial charge on any atom is 0.266 e. The van der Waals surface area contributed by atoms with Crippen molar-refractivity contribution in [3.05, 3.63) is 76.0 Å².